The highest BCUT2D eigenvalue weighted by Gasteiger charge is 2.22. The van der Waals surface area contributed by atoms with Gasteiger partial charge in [-0.3, -0.25) is 4.90 Å². The summed E-state index contributed by atoms with van der Waals surface area (Å²) in [6.45, 7) is 8.95. The number of likely N-dealkylation sites (tertiary alicyclic amines) is 1. The fraction of sp³-hybridized carbons (Fsp3) is 0.688. The first kappa shape index (κ1) is 17.9. The van der Waals surface area contributed by atoms with Gasteiger partial charge >= 0.3 is 6.09 Å². The number of aromatic nitrogens is 2. The SMILES string of the molecule is CC(C)(C)OC(=O)NCC1CCCN(Cc2ccc(Cl)nn2)C1. The third-order valence-corrected chi connectivity index (χ3v) is 3.81. The van der Waals surface area contributed by atoms with Gasteiger partial charge in [-0.15, -0.1) is 5.10 Å². The highest BCUT2D eigenvalue weighted by molar-refractivity contribution is 6.29. The maximum absolute atomic E-state index is 11.7. The number of carbonyl (C=O) groups is 1. The van der Waals surface area contributed by atoms with Crippen molar-refractivity contribution in [3.8, 4) is 0 Å². The van der Waals surface area contributed by atoms with E-state index in [9.17, 15) is 4.79 Å². The normalized spacial score (nSPS) is 19.4. The molecule has 1 unspecified atom stereocenters. The van der Waals surface area contributed by atoms with E-state index in [1.807, 2.05) is 26.8 Å². The number of piperidine rings is 1. The maximum atomic E-state index is 11.7. The van der Waals surface area contributed by atoms with E-state index in [2.05, 4.69) is 20.4 Å². The number of alkyl carbamates (subject to hydrolysis) is 1. The summed E-state index contributed by atoms with van der Waals surface area (Å²) >= 11 is 5.75. The van der Waals surface area contributed by atoms with E-state index in [0.717, 1.165) is 38.2 Å². The van der Waals surface area contributed by atoms with E-state index in [1.54, 1.807) is 6.07 Å². The highest BCUT2D eigenvalue weighted by Crippen LogP contribution is 2.18. The molecule has 128 valence electrons. The second kappa shape index (κ2) is 7.93. The minimum Gasteiger partial charge on any atom is -0.444 e. The lowest BCUT2D eigenvalue weighted by Crippen LogP contribution is -2.42. The van der Waals surface area contributed by atoms with E-state index in [0.29, 0.717) is 17.6 Å². The average Bonchev–Trinajstić information content (AvgIpc) is 2.46. The van der Waals surface area contributed by atoms with E-state index in [1.165, 1.54) is 0 Å². The van der Waals surface area contributed by atoms with Crippen LogP contribution >= 0.6 is 11.6 Å². The predicted octanol–water partition coefficient (Wildman–Crippen LogP) is 2.87. The summed E-state index contributed by atoms with van der Waals surface area (Å²) in [7, 11) is 0. The summed E-state index contributed by atoms with van der Waals surface area (Å²) in [4.78, 5) is 14.1. The van der Waals surface area contributed by atoms with E-state index in [-0.39, 0.29) is 6.09 Å². The molecule has 1 amide bonds. The first-order valence-electron chi connectivity index (χ1n) is 7.99. The lowest BCUT2D eigenvalue weighted by Gasteiger charge is -2.32. The maximum Gasteiger partial charge on any atom is 0.407 e. The molecule has 2 rings (SSSR count). The van der Waals surface area contributed by atoms with Crippen LogP contribution in [0.25, 0.3) is 0 Å². The van der Waals surface area contributed by atoms with Crippen molar-refractivity contribution < 1.29 is 9.53 Å². The summed E-state index contributed by atoms with van der Waals surface area (Å²) in [5.74, 6) is 0.427. The van der Waals surface area contributed by atoms with Crippen LogP contribution in [0.4, 0.5) is 4.79 Å². The fourth-order valence-corrected chi connectivity index (χ4v) is 2.76. The van der Waals surface area contributed by atoms with Gasteiger partial charge in [0.05, 0.1) is 5.69 Å². The average molecular weight is 341 g/mol. The van der Waals surface area contributed by atoms with Crippen molar-refractivity contribution in [2.45, 2.75) is 45.8 Å². The third-order valence-electron chi connectivity index (χ3n) is 3.61. The Morgan fingerprint density at radius 2 is 2.22 bits per heavy atom. The Kier molecular flexibility index (Phi) is 6.18. The molecular weight excluding hydrogens is 316 g/mol. The summed E-state index contributed by atoms with van der Waals surface area (Å²) in [6, 6.07) is 3.66. The van der Waals surface area contributed by atoms with Gasteiger partial charge in [-0.1, -0.05) is 11.6 Å². The summed E-state index contributed by atoms with van der Waals surface area (Å²) in [6.07, 6.45) is 1.87. The number of carbonyl (C=O) groups excluding carboxylic acids is 1. The number of ether oxygens (including phenoxy) is 1. The summed E-state index contributed by atoms with van der Waals surface area (Å²) in [5.41, 5.74) is 0.450. The van der Waals surface area contributed by atoms with E-state index in [4.69, 9.17) is 16.3 Å². The Labute approximate surface area is 142 Å². The first-order chi connectivity index (χ1) is 10.8. The fourth-order valence-electron chi connectivity index (χ4n) is 2.66. The molecule has 1 aliphatic rings. The zero-order valence-electron chi connectivity index (χ0n) is 14.0. The van der Waals surface area contributed by atoms with Gasteiger partial charge in [0.2, 0.25) is 0 Å². The van der Waals surface area contributed by atoms with Crippen molar-refractivity contribution in [3.63, 3.8) is 0 Å². The van der Waals surface area contributed by atoms with E-state index >= 15 is 0 Å². The molecule has 1 aromatic rings. The molecule has 1 N–H and O–H groups in total. The smallest absolute Gasteiger partial charge is 0.407 e. The van der Waals surface area contributed by atoms with Crippen LogP contribution < -0.4 is 5.32 Å². The summed E-state index contributed by atoms with van der Waals surface area (Å²) in [5, 5.41) is 11.2. The quantitative estimate of drug-likeness (QED) is 0.912. The number of halogens is 1. The van der Waals surface area contributed by atoms with Gasteiger partial charge in [-0.2, -0.15) is 5.10 Å². The largest absolute Gasteiger partial charge is 0.444 e. The van der Waals surface area contributed by atoms with Crippen molar-refractivity contribution in [2.24, 2.45) is 5.92 Å². The molecule has 0 radical (unpaired) electrons. The molecule has 1 aromatic heterocycles. The van der Waals surface area contributed by atoms with Crippen LogP contribution in [0, 0.1) is 5.92 Å². The van der Waals surface area contributed by atoms with Crippen LogP contribution in [0.1, 0.15) is 39.3 Å². The Balaban J connectivity index is 1.77. The Morgan fingerprint density at radius 3 is 2.87 bits per heavy atom. The van der Waals surface area contributed by atoms with Gasteiger partial charge in [0.25, 0.3) is 0 Å². The topological polar surface area (TPSA) is 67.3 Å². The van der Waals surface area contributed by atoms with Gasteiger partial charge in [-0.25, -0.2) is 4.79 Å². The molecule has 0 aromatic carbocycles. The van der Waals surface area contributed by atoms with Gasteiger partial charge in [0.1, 0.15) is 5.60 Å². The van der Waals surface area contributed by atoms with Crippen molar-refractivity contribution in [3.05, 3.63) is 23.0 Å². The molecule has 1 saturated heterocycles. The van der Waals surface area contributed by atoms with Crippen LogP contribution in [-0.4, -0.2) is 46.4 Å². The highest BCUT2D eigenvalue weighted by atomic mass is 35.5. The molecule has 0 spiro atoms. The van der Waals surface area contributed by atoms with Crippen LogP contribution in [0.15, 0.2) is 12.1 Å². The molecule has 1 fully saturated rings. The zero-order chi connectivity index (χ0) is 16.9. The Bertz CT molecular complexity index is 516. The standard InChI is InChI=1S/C16H25ClN4O2/c1-16(2,3)23-15(22)18-9-12-5-4-8-21(10-12)11-13-6-7-14(17)20-19-13/h6-7,12H,4-5,8-11H2,1-3H3,(H,18,22). The molecule has 0 bridgehead atoms. The molecule has 23 heavy (non-hydrogen) atoms. The molecule has 7 heteroatoms. The van der Waals surface area contributed by atoms with Crippen LogP contribution in [-0.2, 0) is 11.3 Å². The first-order valence-corrected chi connectivity index (χ1v) is 8.37. The van der Waals surface area contributed by atoms with Crippen molar-refractivity contribution in [1.29, 1.82) is 0 Å². The molecule has 1 aliphatic heterocycles. The second-order valence-electron chi connectivity index (χ2n) is 6.97. The molecular formula is C16H25ClN4O2. The molecule has 2 heterocycles. The monoisotopic (exact) mass is 340 g/mol. The lowest BCUT2D eigenvalue weighted by molar-refractivity contribution is 0.0506. The number of hydrogen-bond acceptors (Lipinski definition) is 5. The van der Waals surface area contributed by atoms with Crippen LogP contribution in [0.2, 0.25) is 5.15 Å². The van der Waals surface area contributed by atoms with Crippen molar-refractivity contribution in [1.82, 2.24) is 20.4 Å². The number of amides is 1. The Morgan fingerprint density at radius 1 is 1.43 bits per heavy atom. The van der Waals surface area contributed by atoms with E-state index < -0.39 is 5.60 Å². The number of rotatable bonds is 4. The van der Waals surface area contributed by atoms with Gasteiger partial charge in [-0.05, 0) is 58.2 Å². The predicted molar refractivity (Wildman–Crippen MR) is 89.3 cm³/mol. The van der Waals surface area contributed by atoms with Crippen LogP contribution in [0.3, 0.4) is 0 Å². The Hall–Kier alpha value is -1.40. The third kappa shape index (κ3) is 6.71. The number of nitrogens with zero attached hydrogens (tertiary/aromatic N) is 3. The van der Waals surface area contributed by atoms with Crippen molar-refractivity contribution >= 4 is 17.7 Å². The molecule has 0 saturated carbocycles. The minimum absolute atomic E-state index is 0.349. The number of nitrogens with one attached hydrogen (secondary N) is 1. The van der Waals surface area contributed by atoms with Gasteiger partial charge in [0, 0.05) is 19.6 Å². The number of hydrogen-bond donors (Lipinski definition) is 1. The van der Waals surface area contributed by atoms with Gasteiger partial charge < -0.3 is 10.1 Å². The summed E-state index contributed by atoms with van der Waals surface area (Å²) < 4.78 is 5.27. The zero-order valence-corrected chi connectivity index (χ0v) is 14.8. The van der Waals surface area contributed by atoms with Gasteiger partial charge in [0.15, 0.2) is 5.15 Å². The second-order valence-corrected chi connectivity index (χ2v) is 7.36. The minimum atomic E-state index is -0.462. The van der Waals surface area contributed by atoms with Crippen molar-refractivity contribution in [2.75, 3.05) is 19.6 Å². The molecule has 6 nitrogen and oxygen atoms in total. The molecule has 0 aliphatic carbocycles. The van der Waals surface area contributed by atoms with Crippen LogP contribution in [0.5, 0.6) is 0 Å². The lowest BCUT2D eigenvalue weighted by atomic mass is 9.98. The molecule has 1 atom stereocenters.